The second kappa shape index (κ2) is 11.5. The van der Waals surface area contributed by atoms with Crippen molar-refractivity contribution in [3.8, 4) is 5.75 Å². The first kappa shape index (κ1) is 27.2. The summed E-state index contributed by atoms with van der Waals surface area (Å²) in [5.74, 6) is 0.777. The number of ketones is 1. The SMILES string of the molecule is Cc1nn(Cc2ccn(C(C)C)n2)c2cccc(CC(=O)c3cnc4cc(OCCN5CCN(C)CC5)ccn34)c12. The molecular weight excluding hydrogens is 516 g/mol. The normalized spacial score (nSPS) is 15.0. The van der Waals surface area contributed by atoms with Crippen LogP contribution >= 0.6 is 0 Å². The van der Waals surface area contributed by atoms with Gasteiger partial charge in [-0.1, -0.05) is 12.1 Å². The highest BCUT2D eigenvalue weighted by Crippen LogP contribution is 2.25. The van der Waals surface area contributed by atoms with Gasteiger partial charge in [-0.3, -0.25) is 23.5 Å². The summed E-state index contributed by atoms with van der Waals surface area (Å²) in [6, 6.07) is 12.2. The molecule has 214 valence electrons. The van der Waals surface area contributed by atoms with E-state index < -0.39 is 0 Å². The summed E-state index contributed by atoms with van der Waals surface area (Å²) in [4.78, 5) is 22.8. The molecule has 4 aromatic heterocycles. The number of aromatic nitrogens is 6. The zero-order valence-corrected chi connectivity index (χ0v) is 24.3. The Morgan fingerprint density at radius 1 is 1.05 bits per heavy atom. The molecule has 5 aromatic rings. The van der Waals surface area contributed by atoms with Crippen molar-refractivity contribution >= 4 is 22.3 Å². The molecule has 0 atom stereocenters. The lowest BCUT2D eigenvalue weighted by atomic mass is 10.0. The van der Waals surface area contributed by atoms with Crippen molar-refractivity contribution in [3.05, 3.63) is 77.6 Å². The predicted octanol–water partition coefficient (Wildman–Crippen LogP) is 3.87. The van der Waals surface area contributed by atoms with Crippen LogP contribution in [0.3, 0.4) is 0 Å². The van der Waals surface area contributed by atoms with Crippen LogP contribution in [-0.4, -0.2) is 90.9 Å². The second-order valence-corrected chi connectivity index (χ2v) is 11.3. The molecule has 41 heavy (non-hydrogen) atoms. The number of nitrogens with zero attached hydrogens (tertiary/aromatic N) is 8. The maximum atomic E-state index is 13.5. The predicted molar refractivity (Wildman–Crippen MR) is 159 cm³/mol. The van der Waals surface area contributed by atoms with Crippen molar-refractivity contribution < 1.29 is 9.53 Å². The van der Waals surface area contributed by atoms with Gasteiger partial charge in [0.2, 0.25) is 0 Å². The van der Waals surface area contributed by atoms with Gasteiger partial charge < -0.3 is 9.64 Å². The van der Waals surface area contributed by atoms with Crippen molar-refractivity contribution in [2.75, 3.05) is 46.4 Å². The standard InChI is InChI=1S/C31H38N8O2/c1-22(2)38-11-8-25(34-38)21-39-27-7-5-6-24(31(27)23(3)33-39)18-29(40)28-20-32-30-19-26(9-10-37(28)30)41-17-16-36-14-12-35(4)13-15-36/h5-11,19-20,22H,12-18,21H2,1-4H3. The summed E-state index contributed by atoms with van der Waals surface area (Å²) >= 11 is 0. The monoisotopic (exact) mass is 554 g/mol. The van der Waals surface area contributed by atoms with Crippen LogP contribution in [0.4, 0.5) is 0 Å². The maximum absolute atomic E-state index is 13.5. The highest BCUT2D eigenvalue weighted by Gasteiger charge is 2.19. The van der Waals surface area contributed by atoms with Crippen molar-refractivity contribution in [1.29, 1.82) is 0 Å². The Hall–Kier alpha value is -4.02. The van der Waals surface area contributed by atoms with Gasteiger partial charge >= 0.3 is 0 Å². The Labute approximate surface area is 240 Å². The van der Waals surface area contributed by atoms with E-state index in [0.717, 1.165) is 66.3 Å². The zero-order chi connectivity index (χ0) is 28.5. The molecule has 1 saturated heterocycles. The fourth-order valence-corrected chi connectivity index (χ4v) is 5.56. The molecule has 1 aliphatic rings. The largest absolute Gasteiger partial charge is 0.492 e. The number of pyridine rings is 1. The number of hydrogen-bond donors (Lipinski definition) is 0. The Balaban J connectivity index is 1.15. The quantitative estimate of drug-likeness (QED) is 0.242. The third-order valence-electron chi connectivity index (χ3n) is 7.94. The molecule has 10 nitrogen and oxygen atoms in total. The number of Topliss-reactive ketones (excluding diaryl/α,β-unsaturated/α-hetero) is 1. The summed E-state index contributed by atoms with van der Waals surface area (Å²) in [6.45, 7) is 12.7. The first-order valence-corrected chi connectivity index (χ1v) is 14.4. The van der Waals surface area contributed by atoms with Crippen LogP contribution in [0.2, 0.25) is 0 Å². The summed E-state index contributed by atoms with van der Waals surface area (Å²) < 4.78 is 11.8. The topological polar surface area (TPSA) is 85.7 Å². The van der Waals surface area contributed by atoms with Gasteiger partial charge in [-0.25, -0.2) is 4.98 Å². The Morgan fingerprint density at radius 2 is 1.88 bits per heavy atom. The van der Waals surface area contributed by atoms with Crippen molar-refractivity contribution in [2.45, 2.75) is 39.8 Å². The van der Waals surface area contributed by atoms with E-state index in [2.05, 4.69) is 46.8 Å². The number of fused-ring (bicyclic) bond motifs is 2. The molecule has 0 radical (unpaired) electrons. The first-order chi connectivity index (χ1) is 19.9. The van der Waals surface area contributed by atoms with Gasteiger partial charge in [0.25, 0.3) is 0 Å². The van der Waals surface area contributed by atoms with E-state index in [0.29, 0.717) is 30.5 Å². The van der Waals surface area contributed by atoms with E-state index in [-0.39, 0.29) is 12.2 Å². The lowest BCUT2D eigenvalue weighted by Gasteiger charge is -2.32. The minimum absolute atomic E-state index is 0.0107. The van der Waals surface area contributed by atoms with Gasteiger partial charge in [-0.2, -0.15) is 10.2 Å². The molecule has 1 aliphatic heterocycles. The lowest BCUT2D eigenvalue weighted by Crippen LogP contribution is -2.45. The molecule has 0 unspecified atom stereocenters. The molecular formula is C31H38N8O2. The third-order valence-corrected chi connectivity index (χ3v) is 7.94. The number of benzene rings is 1. The fourth-order valence-electron chi connectivity index (χ4n) is 5.56. The fraction of sp³-hybridized carbons (Fsp3) is 0.419. The number of hydrogen-bond acceptors (Lipinski definition) is 7. The minimum atomic E-state index is 0.0107. The van der Waals surface area contributed by atoms with Gasteiger partial charge in [0.05, 0.1) is 29.6 Å². The average Bonchev–Trinajstić information content (AvgIpc) is 3.68. The summed E-state index contributed by atoms with van der Waals surface area (Å²) in [6.07, 6.45) is 5.80. The van der Waals surface area contributed by atoms with E-state index in [1.807, 2.05) is 63.4 Å². The number of rotatable bonds is 10. The second-order valence-electron chi connectivity index (χ2n) is 11.3. The van der Waals surface area contributed by atoms with Crippen LogP contribution in [0.25, 0.3) is 16.6 Å². The summed E-state index contributed by atoms with van der Waals surface area (Å²) in [5.41, 5.74) is 5.09. The molecule has 10 heteroatoms. The number of imidazole rings is 1. The number of carbonyl (C=O) groups is 1. The molecule has 0 saturated carbocycles. The zero-order valence-electron chi connectivity index (χ0n) is 24.3. The maximum Gasteiger partial charge on any atom is 0.185 e. The molecule has 0 bridgehead atoms. The lowest BCUT2D eigenvalue weighted by molar-refractivity contribution is 0.0987. The Morgan fingerprint density at radius 3 is 2.66 bits per heavy atom. The Kier molecular flexibility index (Phi) is 7.59. The van der Waals surface area contributed by atoms with Gasteiger partial charge in [-0.15, -0.1) is 0 Å². The number of piperazine rings is 1. The summed E-state index contributed by atoms with van der Waals surface area (Å²) in [7, 11) is 2.16. The molecule has 0 N–H and O–H groups in total. The molecule has 0 spiro atoms. The highest BCUT2D eigenvalue weighted by molar-refractivity contribution is 5.99. The third kappa shape index (κ3) is 5.75. The van der Waals surface area contributed by atoms with Gasteiger partial charge in [0.1, 0.15) is 23.7 Å². The molecule has 6 rings (SSSR count). The molecule has 1 fully saturated rings. The van der Waals surface area contributed by atoms with Crippen LogP contribution in [0, 0.1) is 6.92 Å². The van der Waals surface area contributed by atoms with E-state index in [1.165, 1.54) is 0 Å². The highest BCUT2D eigenvalue weighted by atomic mass is 16.5. The minimum Gasteiger partial charge on any atom is -0.492 e. The molecule has 0 amide bonds. The van der Waals surface area contributed by atoms with Crippen molar-refractivity contribution in [2.24, 2.45) is 0 Å². The number of likely N-dealkylation sites (N-methyl/N-ethyl adjacent to an activating group) is 1. The van der Waals surface area contributed by atoms with Crippen molar-refractivity contribution in [1.82, 2.24) is 38.7 Å². The smallest absolute Gasteiger partial charge is 0.185 e. The first-order valence-electron chi connectivity index (χ1n) is 14.4. The van der Waals surface area contributed by atoms with Crippen LogP contribution in [0.15, 0.2) is 55.0 Å². The molecule has 0 aliphatic carbocycles. The summed E-state index contributed by atoms with van der Waals surface area (Å²) in [5, 5.41) is 10.5. The van der Waals surface area contributed by atoms with E-state index in [4.69, 9.17) is 9.84 Å². The number of carbonyl (C=O) groups excluding carboxylic acids is 1. The van der Waals surface area contributed by atoms with Crippen LogP contribution in [0.1, 0.15) is 47.3 Å². The van der Waals surface area contributed by atoms with E-state index in [1.54, 1.807) is 6.20 Å². The van der Waals surface area contributed by atoms with Gasteiger partial charge in [-0.05, 0) is 51.6 Å². The van der Waals surface area contributed by atoms with Gasteiger partial charge in [0, 0.05) is 69.0 Å². The molecule has 5 heterocycles. The number of aryl methyl sites for hydroxylation is 1. The Bertz CT molecular complexity index is 1670. The average molecular weight is 555 g/mol. The van der Waals surface area contributed by atoms with Crippen LogP contribution in [-0.2, 0) is 13.0 Å². The molecule has 1 aromatic carbocycles. The number of ether oxygens (including phenoxy) is 1. The van der Waals surface area contributed by atoms with Crippen LogP contribution < -0.4 is 4.74 Å². The van der Waals surface area contributed by atoms with E-state index >= 15 is 0 Å². The van der Waals surface area contributed by atoms with Crippen molar-refractivity contribution in [3.63, 3.8) is 0 Å². The van der Waals surface area contributed by atoms with Crippen LogP contribution in [0.5, 0.6) is 5.75 Å². The van der Waals surface area contributed by atoms with Gasteiger partial charge in [0.15, 0.2) is 5.78 Å². The van der Waals surface area contributed by atoms with E-state index in [9.17, 15) is 4.79 Å².